The lowest BCUT2D eigenvalue weighted by Gasteiger charge is -2.13. The molecule has 1 heterocycles. The molecule has 0 aliphatic carbocycles. The van der Waals surface area contributed by atoms with Crippen molar-refractivity contribution in [3.05, 3.63) is 35.8 Å². The molecular weight excluding hydrogens is 326 g/mol. The van der Waals surface area contributed by atoms with Crippen LogP contribution >= 0.6 is 0 Å². The van der Waals surface area contributed by atoms with Gasteiger partial charge in [0.1, 0.15) is 11.3 Å². The number of hydrazine groups is 1. The molecule has 1 aromatic heterocycles. The first-order valence-electron chi connectivity index (χ1n) is 8.86. The van der Waals surface area contributed by atoms with E-state index in [1.807, 2.05) is 52.5 Å². The van der Waals surface area contributed by atoms with Gasteiger partial charge in [-0.3, -0.25) is 9.56 Å². The summed E-state index contributed by atoms with van der Waals surface area (Å²) in [6.45, 7) is 7.46. The molecule has 2 rings (SSSR count). The van der Waals surface area contributed by atoms with Crippen molar-refractivity contribution in [3.63, 3.8) is 0 Å². The van der Waals surface area contributed by atoms with E-state index in [-0.39, 0.29) is 0 Å². The summed E-state index contributed by atoms with van der Waals surface area (Å²) in [5.41, 5.74) is 9.99. The van der Waals surface area contributed by atoms with E-state index in [2.05, 4.69) is 50.0 Å². The normalized spacial score (nSPS) is 12.4. The molecule has 2 aromatic rings. The van der Waals surface area contributed by atoms with Crippen LogP contribution in [0.1, 0.15) is 20.8 Å². The Labute approximate surface area is 155 Å². The minimum Gasteiger partial charge on any atom is -0.378 e. The molecule has 26 heavy (non-hydrogen) atoms. The zero-order chi connectivity index (χ0) is 19.1. The van der Waals surface area contributed by atoms with E-state index in [0.717, 1.165) is 34.8 Å². The van der Waals surface area contributed by atoms with Gasteiger partial charge in [0.25, 0.3) is 0 Å². The first-order valence-corrected chi connectivity index (χ1v) is 8.86. The van der Waals surface area contributed by atoms with Crippen LogP contribution in [-0.2, 0) is 7.05 Å². The minimum absolute atomic E-state index is 0.606. The molecule has 2 N–H and O–H groups in total. The number of benzene rings is 1. The molecule has 1 aromatic carbocycles. The van der Waals surface area contributed by atoms with Crippen LogP contribution in [0.4, 0.5) is 11.6 Å². The van der Waals surface area contributed by atoms with E-state index < -0.39 is 0 Å². The molecule has 0 saturated heterocycles. The predicted molar refractivity (Wildman–Crippen MR) is 109 cm³/mol. The molecule has 0 radical (unpaired) electrons. The molecule has 0 amide bonds. The van der Waals surface area contributed by atoms with Gasteiger partial charge in [-0.25, -0.2) is 10.4 Å². The Balaban J connectivity index is 2.51. The second kappa shape index (κ2) is 9.15. The van der Waals surface area contributed by atoms with Crippen molar-refractivity contribution in [2.45, 2.75) is 20.8 Å². The zero-order valence-corrected chi connectivity index (χ0v) is 16.5. The second-order valence-electron chi connectivity index (χ2n) is 6.13. The second-order valence-corrected chi connectivity index (χ2v) is 6.13. The molecule has 7 nitrogen and oxygen atoms in total. The molecule has 0 fully saturated rings. The maximum Gasteiger partial charge on any atom is 0.233 e. The molecular formula is C19H29N7. The largest absolute Gasteiger partial charge is 0.378 e. The van der Waals surface area contributed by atoms with Gasteiger partial charge in [0.2, 0.25) is 5.95 Å². The lowest BCUT2D eigenvalue weighted by molar-refractivity contribution is 0.680. The van der Waals surface area contributed by atoms with Crippen molar-refractivity contribution in [1.82, 2.24) is 20.4 Å². The van der Waals surface area contributed by atoms with E-state index in [9.17, 15) is 0 Å². The number of rotatable bonds is 6. The van der Waals surface area contributed by atoms with Gasteiger partial charge in [-0.15, -0.1) is 0 Å². The van der Waals surface area contributed by atoms with Gasteiger partial charge in [-0.05, 0) is 26.0 Å². The molecule has 0 spiro atoms. The first kappa shape index (κ1) is 19.7. The van der Waals surface area contributed by atoms with Crippen molar-refractivity contribution in [2.75, 3.05) is 32.1 Å². The van der Waals surface area contributed by atoms with Gasteiger partial charge in [0.05, 0.1) is 5.69 Å². The van der Waals surface area contributed by atoms with Crippen molar-refractivity contribution in [3.8, 4) is 11.3 Å². The van der Waals surface area contributed by atoms with E-state index in [0.29, 0.717) is 12.5 Å². The maximum absolute atomic E-state index is 4.74. The number of aromatic nitrogens is 2. The number of hydrogen-bond acceptors (Lipinski definition) is 5. The lowest BCUT2D eigenvalue weighted by Crippen LogP contribution is -2.35. The number of nitrogens with zero attached hydrogens (tertiary/aromatic N) is 5. The van der Waals surface area contributed by atoms with Crippen molar-refractivity contribution < 1.29 is 0 Å². The van der Waals surface area contributed by atoms with Crippen LogP contribution in [0.3, 0.4) is 0 Å². The number of nitrogens with one attached hydrogen (secondary N) is 2. The Hall–Kier alpha value is -2.67. The summed E-state index contributed by atoms with van der Waals surface area (Å²) in [4.78, 5) is 16.0. The van der Waals surface area contributed by atoms with Crippen LogP contribution in [0.2, 0.25) is 0 Å². The van der Waals surface area contributed by atoms with Gasteiger partial charge in [0, 0.05) is 51.5 Å². The van der Waals surface area contributed by atoms with Crippen LogP contribution < -0.4 is 21.2 Å². The summed E-state index contributed by atoms with van der Waals surface area (Å²) in [5.74, 6) is 1.35. The summed E-state index contributed by atoms with van der Waals surface area (Å²) < 4.78 is 1.90. The minimum atomic E-state index is 0.606. The van der Waals surface area contributed by atoms with E-state index in [4.69, 9.17) is 4.98 Å². The van der Waals surface area contributed by atoms with Gasteiger partial charge >= 0.3 is 0 Å². The predicted octanol–water partition coefficient (Wildman–Crippen LogP) is 2.24. The average Bonchev–Trinajstić information content (AvgIpc) is 2.63. The highest BCUT2D eigenvalue weighted by Crippen LogP contribution is 2.21. The number of anilines is 1. The van der Waals surface area contributed by atoms with Gasteiger partial charge < -0.3 is 10.3 Å². The smallest absolute Gasteiger partial charge is 0.233 e. The zero-order valence-electron chi connectivity index (χ0n) is 16.5. The third-order valence-corrected chi connectivity index (χ3v) is 3.84. The Morgan fingerprint density at radius 2 is 1.88 bits per heavy atom. The van der Waals surface area contributed by atoms with E-state index >= 15 is 0 Å². The van der Waals surface area contributed by atoms with Crippen LogP contribution in [0.25, 0.3) is 11.3 Å². The summed E-state index contributed by atoms with van der Waals surface area (Å²) in [6, 6.07) is 10.3. The maximum atomic E-state index is 4.74. The number of hydrogen-bond donors (Lipinski definition) is 2. The fraction of sp³-hybridized carbons (Fsp3) is 0.421. The summed E-state index contributed by atoms with van der Waals surface area (Å²) in [6.07, 6.45) is 0. The van der Waals surface area contributed by atoms with Crippen molar-refractivity contribution in [2.24, 2.45) is 17.0 Å². The van der Waals surface area contributed by atoms with Gasteiger partial charge in [-0.2, -0.15) is 4.99 Å². The molecule has 140 valence electrons. The van der Waals surface area contributed by atoms with Crippen LogP contribution in [0.15, 0.2) is 40.3 Å². The fourth-order valence-corrected chi connectivity index (χ4v) is 2.42. The highest BCUT2D eigenvalue weighted by atomic mass is 15.4. The van der Waals surface area contributed by atoms with Gasteiger partial charge in [-0.1, -0.05) is 19.1 Å². The summed E-state index contributed by atoms with van der Waals surface area (Å²) >= 11 is 0. The van der Waals surface area contributed by atoms with E-state index in [1.54, 1.807) is 0 Å². The average molecular weight is 355 g/mol. The molecule has 0 bridgehead atoms. The fourth-order valence-electron chi connectivity index (χ4n) is 2.42. The quantitative estimate of drug-likeness (QED) is 0.474. The first-order chi connectivity index (χ1) is 12.5. The standard InChI is InChI=1S/C19H29N7/c1-7-20-18-13-17(15-9-11-16(12-10-15)25(4)5)23-19(26(18)6)22-14(3)24-21-8-2/h9-13,21H,7-8H2,1-6H3,(H,22,23,24). The van der Waals surface area contributed by atoms with Gasteiger partial charge in [0.15, 0.2) is 0 Å². The molecule has 0 aliphatic rings. The third-order valence-electron chi connectivity index (χ3n) is 3.84. The Morgan fingerprint density at radius 3 is 2.46 bits per heavy atom. The monoisotopic (exact) mass is 355 g/mol. The molecule has 0 unspecified atom stereocenters. The summed E-state index contributed by atoms with van der Waals surface area (Å²) in [5, 5.41) is 0. The Bertz CT molecular complexity index is 817. The number of amidine groups is 1. The highest BCUT2D eigenvalue weighted by Gasteiger charge is 2.07. The Morgan fingerprint density at radius 1 is 1.19 bits per heavy atom. The molecule has 0 aliphatic heterocycles. The molecule has 7 heteroatoms. The van der Waals surface area contributed by atoms with Crippen molar-refractivity contribution in [1.29, 1.82) is 0 Å². The van der Waals surface area contributed by atoms with E-state index in [1.165, 1.54) is 0 Å². The molecule has 0 atom stereocenters. The van der Waals surface area contributed by atoms with Crippen molar-refractivity contribution >= 4 is 17.5 Å². The highest BCUT2D eigenvalue weighted by molar-refractivity contribution is 5.81. The van der Waals surface area contributed by atoms with Crippen LogP contribution in [-0.4, -0.2) is 42.6 Å². The third kappa shape index (κ3) is 4.92. The van der Waals surface area contributed by atoms with Crippen LogP contribution in [0.5, 0.6) is 0 Å². The van der Waals surface area contributed by atoms with Crippen LogP contribution in [0, 0.1) is 0 Å². The lowest BCUT2D eigenvalue weighted by atomic mass is 10.1. The Kier molecular flexibility index (Phi) is 6.91. The molecule has 0 saturated carbocycles. The summed E-state index contributed by atoms with van der Waals surface area (Å²) in [7, 11) is 5.99. The SMILES string of the molecule is CCN=c1cc(-c2ccc(N(C)C)cc2)nc(/N=C(\C)NNCC)n1C. The number of aliphatic imine (C=N–C) groups is 1. The topological polar surface area (TPSA) is 69.8 Å².